The van der Waals surface area contributed by atoms with Gasteiger partial charge in [-0.25, -0.2) is 4.79 Å². The molecule has 2 fully saturated rings. The molecule has 2 N–H and O–H groups in total. The van der Waals surface area contributed by atoms with Gasteiger partial charge in [0.15, 0.2) is 5.78 Å². The zero-order valence-electron chi connectivity index (χ0n) is 15.2. The summed E-state index contributed by atoms with van der Waals surface area (Å²) in [5.41, 5.74) is -2.73. The van der Waals surface area contributed by atoms with Gasteiger partial charge < -0.3 is 15.3 Å². The summed E-state index contributed by atoms with van der Waals surface area (Å²) in [5.74, 6) is -3.66. The number of β-lactam (4-membered cyclic amide) rings is 1. The number of benzene rings is 1. The van der Waals surface area contributed by atoms with Crippen LogP contribution in [0.5, 0.6) is 0 Å². The molecule has 0 aliphatic carbocycles. The van der Waals surface area contributed by atoms with E-state index >= 15 is 0 Å². The number of fused-ring (bicyclic) bond motifs is 1. The van der Waals surface area contributed by atoms with Gasteiger partial charge in [0.2, 0.25) is 5.54 Å². The second kappa shape index (κ2) is 6.30. The fourth-order valence-corrected chi connectivity index (χ4v) is 5.41. The van der Waals surface area contributed by atoms with Crippen molar-refractivity contribution in [3.05, 3.63) is 39.9 Å². The fourth-order valence-electron chi connectivity index (χ4n) is 3.66. The third-order valence-corrected chi connectivity index (χ3v) is 6.63. The van der Waals surface area contributed by atoms with Crippen molar-refractivity contribution in [2.75, 3.05) is 0 Å². The molecule has 10 nitrogen and oxygen atoms in total. The number of nitrogens with zero attached hydrogens (tertiary/aromatic N) is 2. The highest BCUT2D eigenvalue weighted by Gasteiger charge is 2.74. The molecule has 2 aliphatic heterocycles. The molecule has 0 aromatic heterocycles. The number of carboxylic acids is 1. The van der Waals surface area contributed by atoms with Crippen LogP contribution in [0, 0.1) is 10.1 Å². The van der Waals surface area contributed by atoms with Crippen LogP contribution in [-0.4, -0.2) is 60.2 Å². The van der Waals surface area contributed by atoms with Gasteiger partial charge in [0, 0.05) is 10.8 Å². The minimum Gasteiger partial charge on any atom is -0.480 e. The number of carbonyl (C=O) groups excluding carboxylic acids is 3. The number of carboxylic acid groups (broad SMARTS) is 1. The third-order valence-electron chi connectivity index (χ3n) is 4.99. The van der Waals surface area contributed by atoms with Crippen molar-refractivity contribution < 1.29 is 29.2 Å². The molecule has 11 heteroatoms. The van der Waals surface area contributed by atoms with Crippen molar-refractivity contribution in [1.82, 2.24) is 10.2 Å². The summed E-state index contributed by atoms with van der Waals surface area (Å²) in [6.45, 7) is 4.39. The fraction of sp³-hybridized carbons (Fsp3) is 0.412. The Morgan fingerprint density at radius 3 is 2.43 bits per heavy atom. The van der Waals surface area contributed by atoms with Crippen LogP contribution in [-0.2, 0) is 14.4 Å². The number of carbonyl (C=O) groups is 4. The average Bonchev–Trinajstić information content (AvgIpc) is 2.87. The monoisotopic (exact) mass is 407 g/mol. The Kier molecular flexibility index (Phi) is 4.45. The van der Waals surface area contributed by atoms with Gasteiger partial charge in [0.1, 0.15) is 17.0 Å². The molecule has 0 saturated carbocycles. The van der Waals surface area contributed by atoms with Gasteiger partial charge in [-0.15, -0.1) is 11.8 Å². The van der Waals surface area contributed by atoms with Gasteiger partial charge in [-0.1, -0.05) is 12.1 Å². The molecule has 3 rings (SSSR count). The van der Waals surface area contributed by atoms with E-state index in [2.05, 4.69) is 5.32 Å². The van der Waals surface area contributed by atoms with Gasteiger partial charge >= 0.3 is 5.97 Å². The summed E-state index contributed by atoms with van der Waals surface area (Å²) < 4.78 is -0.896. The Morgan fingerprint density at radius 2 is 1.89 bits per heavy atom. The van der Waals surface area contributed by atoms with Crippen LogP contribution in [0.3, 0.4) is 0 Å². The summed E-state index contributed by atoms with van der Waals surface area (Å²) >= 11 is 1.10. The first kappa shape index (κ1) is 19.8. The maximum atomic E-state index is 12.9. The number of rotatable bonds is 5. The number of nitrogens with one attached hydrogen (secondary N) is 1. The summed E-state index contributed by atoms with van der Waals surface area (Å²) in [7, 11) is 0. The van der Waals surface area contributed by atoms with Crippen molar-refractivity contribution in [2.45, 2.75) is 42.5 Å². The number of aliphatic carboxylic acids is 1. The summed E-state index contributed by atoms with van der Waals surface area (Å²) in [4.78, 5) is 61.2. The van der Waals surface area contributed by atoms with Crippen molar-refractivity contribution in [3.63, 3.8) is 0 Å². The molecule has 0 bridgehead atoms. The number of thioether (sulfide) groups is 1. The predicted octanol–water partition coefficient (Wildman–Crippen LogP) is 0.799. The van der Waals surface area contributed by atoms with Crippen molar-refractivity contribution in [2.24, 2.45) is 0 Å². The van der Waals surface area contributed by atoms with Crippen LogP contribution in [0.15, 0.2) is 24.3 Å². The number of hydrogen-bond acceptors (Lipinski definition) is 7. The van der Waals surface area contributed by atoms with E-state index in [1.807, 2.05) is 0 Å². The molecule has 2 amide bonds. The molecule has 2 aliphatic rings. The maximum absolute atomic E-state index is 12.9. The first-order valence-electron chi connectivity index (χ1n) is 8.25. The third kappa shape index (κ3) is 2.57. The molecule has 28 heavy (non-hydrogen) atoms. The van der Waals surface area contributed by atoms with E-state index in [0.29, 0.717) is 0 Å². The predicted molar refractivity (Wildman–Crippen MR) is 97.7 cm³/mol. The lowest BCUT2D eigenvalue weighted by Crippen LogP contribution is -2.82. The molecule has 0 spiro atoms. The van der Waals surface area contributed by atoms with E-state index < -0.39 is 55.9 Å². The molecule has 1 unspecified atom stereocenters. The van der Waals surface area contributed by atoms with Crippen molar-refractivity contribution in [3.8, 4) is 0 Å². The second-order valence-electron chi connectivity index (χ2n) is 7.12. The minimum atomic E-state index is -1.97. The topological polar surface area (TPSA) is 147 Å². The zero-order valence-corrected chi connectivity index (χ0v) is 16.0. The Hall–Kier alpha value is -2.95. The van der Waals surface area contributed by atoms with Crippen LogP contribution in [0.1, 0.15) is 31.1 Å². The Balaban J connectivity index is 2.00. The highest BCUT2D eigenvalue weighted by atomic mass is 32.2. The molecular formula is C17H17N3O7S. The van der Waals surface area contributed by atoms with E-state index in [4.69, 9.17) is 0 Å². The molecule has 2 saturated heterocycles. The highest BCUT2D eigenvalue weighted by Crippen LogP contribution is 2.55. The van der Waals surface area contributed by atoms with E-state index in [1.54, 1.807) is 13.8 Å². The molecule has 148 valence electrons. The van der Waals surface area contributed by atoms with E-state index in [-0.39, 0.29) is 5.56 Å². The molecule has 3 atom stereocenters. The normalized spacial score (nSPS) is 27.5. The Labute approximate surface area is 163 Å². The lowest BCUT2D eigenvalue weighted by Gasteiger charge is -2.51. The number of hydrogen-bond donors (Lipinski definition) is 2. The smallest absolute Gasteiger partial charge is 0.327 e. The lowest BCUT2D eigenvalue weighted by molar-refractivity contribution is -0.385. The summed E-state index contributed by atoms with van der Waals surface area (Å²) in [5, 5.41) is 22.1. The molecule has 0 radical (unpaired) electrons. The number of amides is 2. The number of nitro groups is 1. The largest absolute Gasteiger partial charge is 0.480 e. The highest BCUT2D eigenvalue weighted by molar-refractivity contribution is 8.01. The summed E-state index contributed by atoms with van der Waals surface area (Å²) in [6, 6.07) is 4.00. The first-order chi connectivity index (χ1) is 12.9. The van der Waals surface area contributed by atoms with Crippen molar-refractivity contribution in [1.29, 1.82) is 0 Å². The zero-order chi connectivity index (χ0) is 21.0. The number of ketones is 1. The van der Waals surface area contributed by atoms with E-state index in [1.165, 1.54) is 18.2 Å². The SMILES string of the molecule is CC(=O)C1(NC(=O)c2ccccc2[N+](=O)[O-])C(=O)N2[C@@H](C(=O)O)C(C)(C)S[C@@H]21. The first-order valence-corrected chi connectivity index (χ1v) is 9.13. The second-order valence-corrected chi connectivity index (χ2v) is 8.85. The van der Waals surface area contributed by atoms with Gasteiger partial charge in [-0.3, -0.25) is 24.5 Å². The lowest BCUT2D eigenvalue weighted by atomic mass is 9.81. The van der Waals surface area contributed by atoms with Crippen LogP contribution in [0.25, 0.3) is 0 Å². The Morgan fingerprint density at radius 1 is 1.29 bits per heavy atom. The van der Waals surface area contributed by atoms with Gasteiger partial charge in [-0.05, 0) is 26.8 Å². The van der Waals surface area contributed by atoms with Crippen molar-refractivity contribution >= 4 is 41.0 Å². The van der Waals surface area contributed by atoms with E-state index in [0.717, 1.165) is 29.7 Å². The molecule has 1 aromatic carbocycles. The molecule has 2 heterocycles. The minimum absolute atomic E-state index is 0.295. The average molecular weight is 407 g/mol. The molecular weight excluding hydrogens is 390 g/mol. The molecule has 1 aromatic rings. The van der Waals surface area contributed by atoms with Gasteiger partial charge in [0.25, 0.3) is 17.5 Å². The van der Waals surface area contributed by atoms with Crippen LogP contribution in [0.2, 0.25) is 0 Å². The Bertz CT molecular complexity index is 931. The quantitative estimate of drug-likeness (QED) is 0.315. The standard InChI is InChI=1S/C17H17N3O7S/c1-8(21)17(18-12(22)9-6-4-5-7-10(9)20(26)27)14(25)19-11(13(23)24)16(2,3)28-15(17)19/h4-7,11,15H,1-3H3,(H,18,22)(H,23,24)/t11-,15+,17?/m0/s1. The van der Waals surface area contributed by atoms with Crippen LogP contribution < -0.4 is 5.32 Å². The number of nitro benzene ring substituents is 1. The van der Waals surface area contributed by atoms with Gasteiger partial charge in [0.05, 0.1) is 4.92 Å². The van der Waals surface area contributed by atoms with E-state index in [9.17, 15) is 34.4 Å². The van der Waals surface area contributed by atoms with Crippen LogP contribution in [0.4, 0.5) is 5.69 Å². The van der Waals surface area contributed by atoms with Crippen LogP contribution >= 0.6 is 11.8 Å². The number of para-hydroxylation sites is 1. The van der Waals surface area contributed by atoms with Gasteiger partial charge in [-0.2, -0.15) is 0 Å². The summed E-state index contributed by atoms with van der Waals surface area (Å²) in [6.07, 6.45) is 0. The maximum Gasteiger partial charge on any atom is 0.327 e. The number of Topliss-reactive ketones (excluding diaryl/α,β-unsaturated/α-hetero) is 1.